The average molecular weight is 448 g/mol. The number of benzene rings is 1. The molecule has 0 radical (unpaired) electrons. The summed E-state index contributed by atoms with van der Waals surface area (Å²) in [4.78, 5) is 27.6. The average Bonchev–Trinajstić information content (AvgIpc) is 3.26. The monoisotopic (exact) mass is 447 g/mol. The Labute approximate surface area is 187 Å². The lowest BCUT2D eigenvalue weighted by Gasteiger charge is -2.52. The van der Waals surface area contributed by atoms with Crippen LogP contribution in [-0.4, -0.2) is 44.7 Å². The highest BCUT2D eigenvalue weighted by Gasteiger charge is 2.69. The number of nitrogens with zero attached hydrogens (tertiary/aromatic N) is 3. The zero-order chi connectivity index (χ0) is 21.9. The molecule has 0 N–H and O–H groups in total. The number of rotatable bonds is 4. The van der Waals surface area contributed by atoms with Gasteiger partial charge in [-0.15, -0.1) is 25.3 Å². The van der Waals surface area contributed by atoms with Crippen molar-refractivity contribution >= 4 is 37.1 Å². The summed E-state index contributed by atoms with van der Waals surface area (Å²) >= 11 is 9.37. The lowest BCUT2D eigenvalue weighted by molar-refractivity contribution is -0.165. The summed E-state index contributed by atoms with van der Waals surface area (Å²) in [7, 11) is 0. The van der Waals surface area contributed by atoms with E-state index in [1.54, 1.807) is 26.0 Å². The van der Waals surface area contributed by atoms with Crippen LogP contribution in [0.4, 0.5) is 0 Å². The molecule has 3 heterocycles. The molecule has 0 saturated carbocycles. The van der Waals surface area contributed by atoms with E-state index in [1.807, 2.05) is 13.0 Å². The third kappa shape index (κ3) is 2.80. The van der Waals surface area contributed by atoms with E-state index in [1.165, 1.54) is 9.80 Å². The minimum Gasteiger partial charge on any atom is -0.454 e. The maximum Gasteiger partial charge on any atom is 0.260 e. The third-order valence-electron chi connectivity index (χ3n) is 6.31. The summed E-state index contributed by atoms with van der Waals surface area (Å²) in [5.41, 5.74) is -0.322. The van der Waals surface area contributed by atoms with Crippen molar-refractivity contribution in [1.29, 1.82) is 5.26 Å². The van der Waals surface area contributed by atoms with Gasteiger partial charge in [0.05, 0.1) is 17.5 Å². The van der Waals surface area contributed by atoms with Crippen LogP contribution in [0.5, 0.6) is 11.5 Å². The normalized spacial score (nSPS) is 34.9. The second kappa shape index (κ2) is 6.99. The van der Waals surface area contributed by atoms with Gasteiger partial charge in [-0.3, -0.25) is 9.59 Å². The van der Waals surface area contributed by atoms with Gasteiger partial charge in [-0.2, -0.15) is 5.26 Å². The van der Waals surface area contributed by atoms with Gasteiger partial charge in [0.15, 0.2) is 21.2 Å². The van der Waals surface area contributed by atoms with Crippen molar-refractivity contribution in [3.8, 4) is 17.6 Å². The van der Waals surface area contributed by atoms with E-state index in [0.717, 1.165) is 12.8 Å². The van der Waals surface area contributed by atoms with Crippen LogP contribution in [0.3, 0.4) is 0 Å². The summed E-state index contributed by atoms with van der Waals surface area (Å²) < 4.78 is 10.9. The van der Waals surface area contributed by atoms with Gasteiger partial charge in [-0.1, -0.05) is 19.4 Å². The molecule has 0 bridgehead atoms. The molecule has 9 heteroatoms. The molecule has 30 heavy (non-hydrogen) atoms. The lowest BCUT2D eigenvalue weighted by Crippen LogP contribution is -2.71. The maximum absolute atomic E-state index is 13.7. The molecule has 2 saturated heterocycles. The highest BCUT2D eigenvalue weighted by Crippen LogP contribution is 2.60. The van der Waals surface area contributed by atoms with E-state index in [9.17, 15) is 14.9 Å². The quantitative estimate of drug-likeness (QED) is 0.693. The first kappa shape index (κ1) is 21.2. The Hall–Kier alpha value is -2.05. The smallest absolute Gasteiger partial charge is 0.260 e. The molecule has 0 aromatic heterocycles. The van der Waals surface area contributed by atoms with Crippen LogP contribution in [0.15, 0.2) is 18.2 Å². The fraction of sp³-hybridized carbons (Fsp3) is 0.571. The van der Waals surface area contributed by atoms with Crippen LogP contribution in [-0.2, 0) is 9.59 Å². The summed E-state index contributed by atoms with van der Waals surface area (Å²) in [6, 6.07) is 7.03. The van der Waals surface area contributed by atoms with Gasteiger partial charge in [0.25, 0.3) is 11.8 Å². The fourth-order valence-electron chi connectivity index (χ4n) is 4.75. The van der Waals surface area contributed by atoms with Gasteiger partial charge in [0.1, 0.15) is 0 Å². The molecule has 160 valence electrons. The van der Waals surface area contributed by atoms with Crippen molar-refractivity contribution in [3.63, 3.8) is 0 Å². The molecule has 0 aliphatic carbocycles. The van der Waals surface area contributed by atoms with Crippen LogP contribution in [0, 0.1) is 16.7 Å². The number of hydrogen-bond acceptors (Lipinski definition) is 7. The molecule has 1 aromatic carbocycles. The first-order valence-electron chi connectivity index (χ1n) is 10.0. The highest BCUT2D eigenvalue weighted by atomic mass is 32.1. The Morgan fingerprint density at radius 3 is 2.57 bits per heavy atom. The number of piperazine rings is 1. The van der Waals surface area contributed by atoms with Crippen molar-refractivity contribution in [1.82, 2.24) is 9.80 Å². The van der Waals surface area contributed by atoms with Crippen molar-refractivity contribution < 1.29 is 19.1 Å². The van der Waals surface area contributed by atoms with Crippen LogP contribution in [0.1, 0.15) is 51.6 Å². The summed E-state index contributed by atoms with van der Waals surface area (Å²) in [5, 5.41) is 10.1. The number of nitriles is 1. The standard InChI is InChI=1S/C21H25N3O4S2/c1-4-5-8-23-18(26)21(30)10-19(2,11-22)16(24(21)17(25)20(23,3)29)13-6-7-14-15(9-13)28-12-27-14/h6-7,9,16,29-30H,4-5,8,10,12H2,1-3H3/t16?,19-,20?,21+/m1/s1. The molecule has 3 aliphatic heterocycles. The van der Waals surface area contributed by atoms with Crippen LogP contribution in [0.2, 0.25) is 0 Å². The number of ether oxygens (including phenoxy) is 2. The van der Waals surface area contributed by atoms with Crippen molar-refractivity contribution in [3.05, 3.63) is 23.8 Å². The molecule has 1 aromatic rings. The molecule has 2 unspecified atom stereocenters. The van der Waals surface area contributed by atoms with Crippen molar-refractivity contribution in [2.75, 3.05) is 13.3 Å². The Morgan fingerprint density at radius 2 is 1.90 bits per heavy atom. The number of thiol groups is 2. The number of hydrogen-bond donors (Lipinski definition) is 2. The molecule has 4 atom stereocenters. The number of unbranched alkanes of at least 4 members (excludes halogenated alkanes) is 1. The maximum atomic E-state index is 13.7. The van der Waals surface area contributed by atoms with Crippen LogP contribution < -0.4 is 9.47 Å². The summed E-state index contributed by atoms with van der Waals surface area (Å²) in [5.74, 6) is 0.538. The first-order valence-corrected chi connectivity index (χ1v) is 10.9. The topological polar surface area (TPSA) is 82.9 Å². The molecule has 2 fully saturated rings. The molecule has 7 nitrogen and oxygen atoms in total. The minimum absolute atomic E-state index is 0.121. The molecule has 2 amide bonds. The SMILES string of the molecule is CCCCN1C(=O)[C@@]2(S)C[C@](C)(C#N)C(c3ccc4c(c3)OCO4)N2C(=O)C1(C)S. The molecule has 4 rings (SSSR count). The molecule has 0 spiro atoms. The second-order valence-corrected chi connectivity index (χ2v) is 10.2. The Kier molecular flexibility index (Phi) is 4.94. The van der Waals surface area contributed by atoms with Gasteiger partial charge in [0.2, 0.25) is 6.79 Å². The summed E-state index contributed by atoms with van der Waals surface area (Å²) in [6.07, 6.45) is 1.75. The number of carbonyl (C=O) groups excluding carboxylic acids is 2. The number of carbonyl (C=O) groups is 2. The van der Waals surface area contributed by atoms with Crippen molar-refractivity contribution in [2.24, 2.45) is 5.41 Å². The largest absolute Gasteiger partial charge is 0.454 e. The van der Waals surface area contributed by atoms with Gasteiger partial charge < -0.3 is 19.3 Å². The van der Waals surface area contributed by atoms with E-state index in [2.05, 4.69) is 18.7 Å². The lowest BCUT2D eigenvalue weighted by atomic mass is 9.79. The van der Waals surface area contributed by atoms with Crippen molar-refractivity contribution in [2.45, 2.75) is 55.8 Å². The van der Waals surface area contributed by atoms with E-state index in [4.69, 9.17) is 22.1 Å². The number of fused-ring (bicyclic) bond motifs is 2. The van der Waals surface area contributed by atoms with Gasteiger partial charge in [-0.25, -0.2) is 0 Å². The second-order valence-electron chi connectivity index (χ2n) is 8.54. The summed E-state index contributed by atoms with van der Waals surface area (Å²) in [6.45, 7) is 5.96. The Balaban J connectivity index is 1.84. The van der Waals surface area contributed by atoms with Crippen LogP contribution in [0.25, 0.3) is 0 Å². The molecular weight excluding hydrogens is 422 g/mol. The van der Waals surface area contributed by atoms with Crippen LogP contribution >= 0.6 is 25.3 Å². The number of amides is 2. The molecular formula is C21H25N3O4S2. The van der Waals surface area contributed by atoms with E-state index in [-0.39, 0.29) is 25.0 Å². The fourth-order valence-corrected chi connectivity index (χ4v) is 5.70. The van der Waals surface area contributed by atoms with Gasteiger partial charge >= 0.3 is 0 Å². The molecule has 3 aliphatic rings. The van der Waals surface area contributed by atoms with E-state index < -0.39 is 21.2 Å². The first-order chi connectivity index (χ1) is 14.1. The van der Waals surface area contributed by atoms with E-state index >= 15 is 0 Å². The highest BCUT2D eigenvalue weighted by molar-refractivity contribution is 7.83. The predicted molar refractivity (Wildman–Crippen MR) is 116 cm³/mol. The van der Waals surface area contributed by atoms with Gasteiger partial charge in [0, 0.05) is 13.0 Å². The zero-order valence-electron chi connectivity index (χ0n) is 17.2. The Bertz CT molecular complexity index is 962. The Morgan fingerprint density at radius 1 is 1.20 bits per heavy atom. The minimum atomic E-state index is -1.42. The predicted octanol–water partition coefficient (Wildman–Crippen LogP) is 3.13. The van der Waals surface area contributed by atoms with Gasteiger partial charge in [-0.05, 0) is 38.0 Å². The van der Waals surface area contributed by atoms with E-state index in [0.29, 0.717) is 23.6 Å². The zero-order valence-corrected chi connectivity index (χ0v) is 19.0. The third-order valence-corrected chi connectivity index (χ3v) is 7.31.